The van der Waals surface area contributed by atoms with Crippen LogP contribution < -0.4 is 5.32 Å². The zero-order chi connectivity index (χ0) is 12.8. The highest BCUT2D eigenvalue weighted by molar-refractivity contribution is 5.02. The van der Waals surface area contributed by atoms with Gasteiger partial charge in [0.05, 0.1) is 6.20 Å². The van der Waals surface area contributed by atoms with Crippen molar-refractivity contribution >= 4 is 0 Å². The van der Waals surface area contributed by atoms with Gasteiger partial charge in [-0.25, -0.2) is 0 Å². The molecule has 1 aromatic rings. The summed E-state index contributed by atoms with van der Waals surface area (Å²) in [4.78, 5) is 2.50. The fraction of sp³-hybridized carbons (Fsp3) is 0.769. The third-order valence-electron chi connectivity index (χ3n) is 2.96. The first kappa shape index (κ1) is 14.2. The third kappa shape index (κ3) is 4.88. The topological polar surface area (TPSA) is 33.1 Å². The molecule has 0 saturated heterocycles. The molecule has 17 heavy (non-hydrogen) atoms. The Bertz CT molecular complexity index is 309. The van der Waals surface area contributed by atoms with Crippen molar-refractivity contribution in [2.24, 2.45) is 7.05 Å². The summed E-state index contributed by atoms with van der Waals surface area (Å²) in [5, 5.41) is 7.61. The Morgan fingerprint density at radius 3 is 2.41 bits per heavy atom. The van der Waals surface area contributed by atoms with E-state index in [1.807, 2.05) is 17.9 Å². The van der Waals surface area contributed by atoms with Crippen LogP contribution in [-0.4, -0.2) is 39.9 Å². The van der Waals surface area contributed by atoms with Crippen LogP contribution >= 0.6 is 0 Å². The SMILES string of the molecule is CC(C)N(CCNCc1cnn(C)c1)C(C)C. The van der Waals surface area contributed by atoms with Gasteiger partial charge in [-0.15, -0.1) is 0 Å². The molecule has 0 amide bonds. The van der Waals surface area contributed by atoms with Crippen molar-refractivity contribution in [3.05, 3.63) is 18.0 Å². The van der Waals surface area contributed by atoms with Gasteiger partial charge in [-0.05, 0) is 27.7 Å². The minimum absolute atomic E-state index is 0.607. The van der Waals surface area contributed by atoms with Gasteiger partial charge in [-0.3, -0.25) is 9.58 Å². The average Bonchev–Trinajstić information content (AvgIpc) is 2.62. The lowest BCUT2D eigenvalue weighted by atomic mass is 10.2. The van der Waals surface area contributed by atoms with Gasteiger partial charge in [0.15, 0.2) is 0 Å². The summed E-state index contributed by atoms with van der Waals surface area (Å²) in [5.74, 6) is 0. The van der Waals surface area contributed by atoms with Crippen LogP contribution in [0.15, 0.2) is 12.4 Å². The Kier molecular flexibility index (Phi) is 5.65. The van der Waals surface area contributed by atoms with Crippen LogP contribution in [0, 0.1) is 0 Å². The van der Waals surface area contributed by atoms with Crippen molar-refractivity contribution in [2.45, 2.75) is 46.3 Å². The van der Waals surface area contributed by atoms with E-state index in [1.54, 1.807) is 0 Å². The van der Waals surface area contributed by atoms with Gasteiger partial charge in [0, 0.05) is 50.5 Å². The highest BCUT2D eigenvalue weighted by atomic mass is 15.2. The second-order valence-electron chi connectivity index (χ2n) is 5.12. The van der Waals surface area contributed by atoms with Crippen molar-refractivity contribution in [3.8, 4) is 0 Å². The van der Waals surface area contributed by atoms with Gasteiger partial charge in [0.1, 0.15) is 0 Å². The van der Waals surface area contributed by atoms with Crippen LogP contribution in [0.1, 0.15) is 33.3 Å². The number of hydrogen-bond donors (Lipinski definition) is 1. The van der Waals surface area contributed by atoms with Crippen molar-refractivity contribution < 1.29 is 0 Å². The molecular weight excluding hydrogens is 212 g/mol. The van der Waals surface area contributed by atoms with Crippen molar-refractivity contribution in [2.75, 3.05) is 13.1 Å². The van der Waals surface area contributed by atoms with E-state index in [9.17, 15) is 0 Å². The summed E-state index contributed by atoms with van der Waals surface area (Å²) in [5.41, 5.74) is 1.24. The Morgan fingerprint density at radius 2 is 1.94 bits per heavy atom. The van der Waals surface area contributed by atoms with Crippen LogP contribution in [-0.2, 0) is 13.6 Å². The van der Waals surface area contributed by atoms with Crippen LogP contribution in [0.2, 0.25) is 0 Å². The number of aryl methyl sites for hydroxylation is 1. The molecule has 1 N–H and O–H groups in total. The quantitative estimate of drug-likeness (QED) is 0.733. The fourth-order valence-electron chi connectivity index (χ4n) is 2.12. The Balaban J connectivity index is 2.23. The molecule has 0 radical (unpaired) electrons. The lowest BCUT2D eigenvalue weighted by molar-refractivity contribution is 0.176. The van der Waals surface area contributed by atoms with Crippen molar-refractivity contribution in [1.29, 1.82) is 0 Å². The maximum Gasteiger partial charge on any atom is 0.0534 e. The summed E-state index contributed by atoms with van der Waals surface area (Å²) in [6.45, 7) is 12.0. The number of hydrogen-bond acceptors (Lipinski definition) is 3. The molecule has 0 unspecified atom stereocenters. The molecule has 1 rings (SSSR count). The van der Waals surface area contributed by atoms with Crippen molar-refractivity contribution in [1.82, 2.24) is 20.0 Å². The first-order chi connectivity index (χ1) is 8.00. The molecule has 1 heterocycles. The van der Waals surface area contributed by atoms with E-state index in [4.69, 9.17) is 0 Å². The normalized spacial score (nSPS) is 12.0. The van der Waals surface area contributed by atoms with E-state index in [-0.39, 0.29) is 0 Å². The van der Waals surface area contributed by atoms with Gasteiger partial charge < -0.3 is 5.32 Å². The molecular formula is C13H26N4. The van der Waals surface area contributed by atoms with Gasteiger partial charge in [-0.2, -0.15) is 5.10 Å². The molecule has 4 heteroatoms. The second-order valence-corrected chi connectivity index (χ2v) is 5.12. The fourth-order valence-corrected chi connectivity index (χ4v) is 2.12. The summed E-state index contributed by atoms with van der Waals surface area (Å²) in [7, 11) is 1.95. The van der Waals surface area contributed by atoms with E-state index < -0.39 is 0 Å². The molecule has 1 aromatic heterocycles. The molecule has 98 valence electrons. The zero-order valence-electron chi connectivity index (χ0n) is 11.8. The monoisotopic (exact) mass is 238 g/mol. The number of aromatic nitrogens is 2. The van der Waals surface area contributed by atoms with Gasteiger partial charge in [0.2, 0.25) is 0 Å². The first-order valence-electron chi connectivity index (χ1n) is 6.44. The lowest BCUT2D eigenvalue weighted by Crippen LogP contribution is -2.41. The molecule has 4 nitrogen and oxygen atoms in total. The van der Waals surface area contributed by atoms with Crippen LogP contribution in [0.5, 0.6) is 0 Å². The highest BCUT2D eigenvalue weighted by Gasteiger charge is 2.11. The third-order valence-corrected chi connectivity index (χ3v) is 2.96. The first-order valence-corrected chi connectivity index (χ1v) is 6.44. The Labute approximate surface area is 105 Å². The largest absolute Gasteiger partial charge is 0.311 e. The second kappa shape index (κ2) is 6.77. The van der Waals surface area contributed by atoms with E-state index >= 15 is 0 Å². The molecule has 0 spiro atoms. The molecule has 0 fully saturated rings. The summed E-state index contributed by atoms with van der Waals surface area (Å²) in [6.07, 6.45) is 3.96. The maximum absolute atomic E-state index is 4.15. The molecule has 0 aromatic carbocycles. The summed E-state index contributed by atoms with van der Waals surface area (Å²) >= 11 is 0. The molecule has 0 atom stereocenters. The zero-order valence-corrected chi connectivity index (χ0v) is 11.8. The molecule has 0 aliphatic heterocycles. The van der Waals surface area contributed by atoms with Crippen LogP contribution in [0.25, 0.3) is 0 Å². The predicted octanol–water partition coefficient (Wildman–Crippen LogP) is 1.63. The summed E-state index contributed by atoms with van der Waals surface area (Å²) in [6, 6.07) is 1.21. The predicted molar refractivity (Wildman–Crippen MR) is 71.9 cm³/mol. The van der Waals surface area contributed by atoms with Crippen LogP contribution in [0.3, 0.4) is 0 Å². The smallest absolute Gasteiger partial charge is 0.0534 e. The van der Waals surface area contributed by atoms with E-state index in [0.29, 0.717) is 12.1 Å². The summed E-state index contributed by atoms with van der Waals surface area (Å²) < 4.78 is 1.84. The number of rotatable bonds is 7. The standard InChI is InChI=1S/C13H26N4/c1-11(2)17(12(3)4)7-6-14-8-13-9-15-16(5)10-13/h9-12,14H,6-8H2,1-5H3. The molecule has 0 saturated carbocycles. The Hall–Kier alpha value is -0.870. The number of nitrogens with zero attached hydrogens (tertiary/aromatic N) is 3. The van der Waals surface area contributed by atoms with Gasteiger partial charge in [0.25, 0.3) is 0 Å². The van der Waals surface area contributed by atoms with Crippen LogP contribution in [0.4, 0.5) is 0 Å². The maximum atomic E-state index is 4.15. The van der Waals surface area contributed by atoms with E-state index in [2.05, 4.69) is 49.2 Å². The van der Waals surface area contributed by atoms with Gasteiger partial charge >= 0.3 is 0 Å². The lowest BCUT2D eigenvalue weighted by Gasteiger charge is -2.30. The minimum Gasteiger partial charge on any atom is -0.311 e. The molecule has 0 bridgehead atoms. The van der Waals surface area contributed by atoms with E-state index in [1.165, 1.54) is 5.56 Å². The molecule has 0 aliphatic rings. The minimum atomic E-state index is 0.607. The van der Waals surface area contributed by atoms with Crippen molar-refractivity contribution in [3.63, 3.8) is 0 Å². The highest BCUT2D eigenvalue weighted by Crippen LogP contribution is 2.03. The Morgan fingerprint density at radius 1 is 1.29 bits per heavy atom. The average molecular weight is 238 g/mol. The molecule has 0 aliphatic carbocycles. The van der Waals surface area contributed by atoms with Gasteiger partial charge in [-0.1, -0.05) is 0 Å². The van der Waals surface area contributed by atoms with E-state index in [0.717, 1.165) is 19.6 Å². The number of nitrogens with one attached hydrogen (secondary N) is 1.